The number of nitrogens with two attached hydrogens (primary N) is 1. The minimum atomic E-state index is -4.56. The zero-order valence-electron chi connectivity index (χ0n) is 21.5. The van der Waals surface area contributed by atoms with Gasteiger partial charge in [-0.15, -0.1) is 0 Å². The number of halogens is 5. The molecule has 4 rings (SSSR count). The summed E-state index contributed by atoms with van der Waals surface area (Å²) in [6.07, 6.45) is -6.09. The molecule has 0 aliphatic carbocycles. The molecular weight excluding hydrogens is 539 g/mol. The SMILES string of the molecule is NCCC[C@H]1C(=O)N(Cc2cc(F)ccc2F)C[C@@H]2N(C(=O)OCCc3ccccc3C(F)(F)F)CCC(=O)N21. The van der Waals surface area contributed by atoms with E-state index in [1.54, 1.807) is 0 Å². The predicted octanol–water partition coefficient (Wildman–Crippen LogP) is 3.67. The highest BCUT2D eigenvalue weighted by atomic mass is 19.4. The van der Waals surface area contributed by atoms with Crippen molar-refractivity contribution in [2.75, 3.05) is 26.2 Å². The van der Waals surface area contributed by atoms with Gasteiger partial charge in [0.25, 0.3) is 0 Å². The summed E-state index contributed by atoms with van der Waals surface area (Å²) in [7, 11) is 0. The fraction of sp³-hybridized carbons (Fsp3) is 0.444. The topological polar surface area (TPSA) is 96.2 Å². The molecule has 13 heteroatoms. The van der Waals surface area contributed by atoms with Crippen molar-refractivity contribution in [1.29, 1.82) is 0 Å². The van der Waals surface area contributed by atoms with Crippen LogP contribution in [-0.2, 0) is 33.5 Å². The number of nitrogens with zero attached hydrogens (tertiary/aromatic N) is 3. The van der Waals surface area contributed by atoms with Crippen molar-refractivity contribution in [3.8, 4) is 0 Å². The summed E-state index contributed by atoms with van der Waals surface area (Å²) in [5.74, 6) is -2.25. The molecule has 3 amide bonds. The van der Waals surface area contributed by atoms with Gasteiger partial charge in [0.05, 0.1) is 18.7 Å². The molecule has 216 valence electrons. The summed E-state index contributed by atoms with van der Waals surface area (Å²) in [6.45, 7) is -0.641. The lowest BCUT2D eigenvalue weighted by Crippen LogP contribution is -2.71. The van der Waals surface area contributed by atoms with E-state index >= 15 is 0 Å². The molecule has 2 aromatic carbocycles. The number of ether oxygens (including phenoxy) is 1. The highest BCUT2D eigenvalue weighted by Gasteiger charge is 2.49. The van der Waals surface area contributed by atoms with Gasteiger partial charge in [-0.3, -0.25) is 14.5 Å². The van der Waals surface area contributed by atoms with E-state index in [2.05, 4.69) is 0 Å². The number of amides is 3. The van der Waals surface area contributed by atoms with Crippen molar-refractivity contribution in [2.45, 2.75) is 50.6 Å². The Morgan fingerprint density at radius 2 is 1.82 bits per heavy atom. The minimum Gasteiger partial charge on any atom is -0.449 e. The lowest BCUT2D eigenvalue weighted by atomic mass is 9.99. The molecule has 2 aromatic rings. The van der Waals surface area contributed by atoms with Crippen LogP contribution in [0, 0.1) is 11.6 Å². The Bertz CT molecular complexity index is 1260. The summed E-state index contributed by atoms with van der Waals surface area (Å²) in [5.41, 5.74) is 4.70. The van der Waals surface area contributed by atoms with E-state index in [0.717, 1.165) is 24.3 Å². The largest absolute Gasteiger partial charge is 0.449 e. The fourth-order valence-corrected chi connectivity index (χ4v) is 5.14. The maximum absolute atomic E-state index is 14.4. The first kappa shape index (κ1) is 29.2. The molecule has 8 nitrogen and oxygen atoms in total. The van der Waals surface area contributed by atoms with Gasteiger partial charge >= 0.3 is 12.3 Å². The second-order valence-corrected chi connectivity index (χ2v) is 9.65. The first-order chi connectivity index (χ1) is 19.0. The Morgan fingerprint density at radius 3 is 2.55 bits per heavy atom. The third-order valence-corrected chi connectivity index (χ3v) is 7.06. The highest BCUT2D eigenvalue weighted by Crippen LogP contribution is 2.32. The lowest BCUT2D eigenvalue weighted by Gasteiger charge is -2.51. The van der Waals surface area contributed by atoms with E-state index < -0.39 is 47.6 Å². The standard InChI is InChI=1S/C27H29F5N4O4/c28-19-7-8-21(29)18(14-19)15-34-16-23-35(12-9-24(37)36(23)22(25(34)38)6-3-11-33)26(39)40-13-10-17-4-1-2-5-20(17)27(30,31)32/h1-2,4-5,7-8,14,22-23H,3,6,9-13,15-16,33H2/t22-,23+/m0/s1. The van der Waals surface area contributed by atoms with Gasteiger partial charge in [0.15, 0.2) is 0 Å². The lowest BCUT2D eigenvalue weighted by molar-refractivity contribution is -0.169. The number of rotatable bonds is 8. The number of fused-ring (bicyclic) bond motifs is 1. The molecule has 0 radical (unpaired) electrons. The van der Waals surface area contributed by atoms with E-state index in [9.17, 15) is 36.3 Å². The van der Waals surface area contributed by atoms with Crippen molar-refractivity contribution >= 4 is 17.9 Å². The van der Waals surface area contributed by atoms with E-state index in [-0.39, 0.29) is 69.1 Å². The van der Waals surface area contributed by atoms with Gasteiger partial charge < -0.3 is 20.3 Å². The van der Waals surface area contributed by atoms with Gasteiger partial charge in [-0.1, -0.05) is 18.2 Å². The molecule has 2 aliphatic rings. The van der Waals surface area contributed by atoms with Crippen LogP contribution in [0.25, 0.3) is 0 Å². The van der Waals surface area contributed by atoms with Gasteiger partial charge in [-0.2, -0.15) is 13.2 Å². The summed E-state index contributed by atoms with van der Waals surface area (Å²) in [4.78, 5) is 43.3. The number of piperazine rings is 1. The van der Waals surface area contributed by atoms with Crippen LogP contribution in [0.4, 0.5) is 26.7 Å². The fourth-order valence-electron chi connectivity index (χ4n) is 5.14. The van der Waals surface area contributed by atoms with Crippen molar-refractivity contribution in [1.82, 2.24) is 14.7 Å². The number of hydrogen-bond acceptors (Lipinski definition) is 5. The van der Waals surface area contributed by atoms with Gasteiger partial charge in [0, 0.05) is 31.5 Å². The second-order valence-electron chi connectivity index (χ2n) is 9.65. The predicted molar refractivity (Wildman–Crippen MR) is 132 cm³/mol. The number of carbonyl (C=O) groups is 3. The zero-order valence-corrected chi connectivity index (χ0v) is 21.5. The van der Waals surface area contributed by atoms with Crippen molar-refractivity contribution in [3.05, 3.63) is 70.8 Å². The van der Waals surface area contributed by atoms with E-state index in [1.807, 2.05) is 0 Å². The number of alkyl halides is 3. The maximum atomic E-state index is 14.4. The second kappa shape index (κ2) is 12.2. The van der Waals surface area contributed by atoms with Crippen LogP contribution in [0.2, 0.25) is 0 Å². The van der Waals surface area contributed by atoms with Crippen molar-refractivity contribution < 1.29 is 41.1 Å². The minimum absolute atomic E-state index is 0.0355. The van der Waals surface area contributed by atoms with Crippen LogP contribution in [0.3, 0.4) is 0 Å². The van der Waals surface area contributed by atoms with Crippen LogP contribution in [0.5, 0.6) is 0 Å². The maximum Gasteiger partial charge on any atom is 0.416 e. The van der Waals surface area contributed by atoms with Crippen LogP contribution in [-0.4, -0.2) is 71.1 Å². The van der Waals surface area contributed by atoms with Gasteiger partial charge in [0.1, 0.15) is 23.8 Å². The molecule has 0 spiro atoms. The van der Waals surface area contributed by atoms with Gasteiger partial charge in [-0.05, 0) is 49.2 Å². The summed E-state index contributed by atoms with van der Waals surface area (Å²) < 4.78 is 73.4. The number of carbonyl (C=O) groups excluding carboxylic acids is 3. The third-order valence-electron chi connectivity index (χ3n) is 7.06. The van der Waals surface area contributed by atoms with Crippen LogP contribution >= 0.6 is 0 Å². The van der Waals surface area contributed by atoms with Crippen LogP contribution < -0.4 is 5.73 Å². The molecule has 2 atom stereocenters. The average molecular weight is 569 g/mol. The summed E-state index contributed by atoms with van der Waals surface area (Å²) in [6, 6.07) is 6.86. The Balaban J connectivity index is 1.53. The normalized spacial score (nSPS) is 19.6. The summed E-state index contributed by atoms with van der Waals surface area (Å²) >= 11 is 0. The smallest absolute Gasteiger partial charge is 0.416 e. The monoisotopic (exact) mass is 568 g/mol. The molecule has 2 fully saturated rings. The molecule has 2 saturated heterocycles. The Kier molecular flexibility index (Phi) is 8.92. The van der Waals surface area contributed by atoms with Crippen molar-refractivity contribution in [3.63, 3.8) is 0 Å². The first-order valence-electron chi connectivity index (χ1n) is 12.8. The average Bonchev–Trinajstić information content (AvgIpc) is 2.90. The molecule has 2 aliphatic heterocycles. The Hall–Kier alpha value is -3.74. The Morgan fingerprint density at radius 1 is 1.07 bits per heavy atom. The summed E-state index contributed by atoms with van der Waals surface area (Å²) in [5, 5.41) is 0. The first-order valence-corrected chi connectivity index (χ1v) is 12.8. The molecular formula is C27H29F5N4O4. The van der Waals surface area contributed by atoms with Crippen molar-refractivity contribution in [2.24, 2.45) is 5.73 Å². The van der Waals surface area contributed by atoms with E-state index in [4.69, 9.17) is 10.5 Å². The third kappa shape index (κ3) is 6.35. The quantitative estimate of drug-likeness (QED) is 0.491. The molecule has 0 aromatic heterocycles. The molecule has 2 heterocycles. The molecule has 0 unspecified atom stereocenters. The van der Waals surface area contributed by atoms with Crippen LogP contribution in [0.15, 0.2) is 42.5 Å². The number of hydrogen-bond donors (Lipinski definition) is 1. The highest BCUT2D eigenvalue weighted by molar-refractivity contribution is 5.90. The van der Waals surface area contributed by atoms with E-state index in [1.165, 1.54) is 32.9 Å². The van der Waals surface area contributed by atoms with Gasteiger partial charge in [-0.25, -0.2) is 13.6 Å². The van der Waals surface area contributed by atoms with Gasteiger partial charge in [0.2, 0.25) is 11.8 Å². The molecule has 40 heavy (non-hydrogen) atoms. The molecule has 2 N–H and O–H groups in total. The Labute approximate surface area is 227 Å². The zero-order chi connectivity index (χ0) is 29.0. The van der Waals surface area contributed by atoms with E-state index in [0.29, 0.717) is 6.42 Å². The molecule has 0 bridgehead atoms. The molecule has 0 saturated carbocycles. The van der Waals surface area contributed by atoms with Crippen LogP contribution in [0.1, 0.15) is 36.0 Å². The number of benzene rings is 2.